The van der Waals surface area contributed by atoms with Crippen LogP contribution in [0.1, 0.15) is 12.5 Å². The van der Waals surface area contributed by atoms with Gasteiger partial charge in [0.2, 0.25) is 0 Å². The molecule has 0 bridgehead atoms. The molecule has 3 aromatic rings. The van der Waals surface area contributed by atoms with Crippen molar-refractivity contribution in [3.05, 3.63) is 70.7 Å². The zero-order chi connectivity index (χ0) is 22.7. The van der Waals surface area contributed by atoms with Crippen LogP contribution in [-0.4, -0.2) is 42.6 Å². The highest BCUT2D eigenvalue weighted by Gasteiger charge is 2.44. The lowest BCUT2D eigenvalue weighted by atomic mass is 10.1. The number of nitrogens with zero attached hydrogens (tertiary/aromatic N) is 2. The van der Waals surface area contributed by atoms with Gasteiger partial charge in [0.1, 0.15) is 19.0 Å². The summed E-state index contributed by atoms with van der Waals surface area (Å²) in [4.78, 5) is 25.9. The maximum atomic E-state index is 13.2. The van der Waals surface area contributed by atoms with E-state index < -0.39 is 33.2 Å². The Labute approximate surface area is 182 Å². The van der Waals surface area contributed by atoms with Gasteiger partial charge in [-0.2, -0.15) is 8.42 Å². The molecule has 2 aromatic carbocycles. The molecule has 0 aliphatic carbocycles. The Morgan fingerprint density at radius 2 is 1.88 bits per heavy atom. The number of benzene rings is 2. The summed E-state index contributed by atoms with van der Waals surface area (Å²) in [6.07, 6.45) is -0.832. The van der Waals surface area contributed by atoms with Crippen LogP contribution in [0.15, 0.2) is 63.9 Å². The number of H-pyrrole nitrogens is 1. The van der Waals surface area contributed by atoms with E-state index in [1.54, 1.807) is 55.5 Å². The summed E-state index contributed by atoms with van der Waals surface area (Å²) < 4.78 is 48.0. The van der Waals surface area contributed by atoms with Crippen LogP contribution in [0.3, 0.4) is 0 Å². The molecule has 0 saturated heterocycles. The van der Waals surface area contributed by atoms with Crippen molar-refractivity contribution < 1.29 is 31.9 Å². The molecule has 1 N–H and O–H groups in total. The number of fused-ring (bicyclic) bond motifs is 1. The highest BCUT2D eigenvalue weighted by Crippen LogP contribution is 2.38. The molecule has 11 nitrogen and oxygen atoms in total. The number of hydrogen-bond acceptors (Lipinski definition) is 9. The largest absolute Gasteiger partial charge is 0.482 e. The number of aromatic amines is 1. The summed E-state index contributed by atoms with van der Waals surface area (Å²) in [6, 6.07) is 14.1. The average Bonchev–Trinajstić information content (AvgIpc) is 3.21. The molecule has 0 fully saturated rings. The number of nitrogens with one attached hydrogen (secondary N) is 1. The van der Waals surface area contributed by atoms with Crippen LogP contribution in [0.5, 0.6) is 11.8 Å². The second-order valence-corrected chi connectivity index (χ2v) is 8.58. The third kappa shape index (κ3) is 4.30. The van der Waals surface area contributed by atoms with Crippen molar-refractivity contribution in [3.8, 4) is 11.8 Å². The minimum Gasteiger partial charge on any atom is -0.482 e. The predicted molar refractivity (Wildman–Crippen MR) is 111 cm³/mol. The van der Waals surface area contributed by atoms with Gasteiger partial charge in [-0.05, 0) is 29.8 Å². The van der Waals surface area contributed by atoms with Crippen LogP contribution < -0.4 is 19.5 Å². The number of para-hydroxylation sites is 2. The SMILES string of the molecule is C[C@@H]1[C@H](COc2noc(=O)[nH]2)Oc2ccccc2N1S(=O)(=O)C(=O)OCc1ccccc1. The predicted octanol–water partition coefficient (Wildman–Crippen LogP) is 2.06. The minimum atomic E-state index is -4.56. The van der Waals surface area contributed by atoms with Gasteiger partial charge < -0.3 is 14.2 Å². The lowest BCUT2D eigenvalue weighted by Crippen LogP contribution is -2.54. The van der Waals surface area contributed by atoms with E-state index in [1.165, 1.54) is 6.07 Å². The Morgan fingerprint density at radius 3 is 2.59 bits per heavy atom. The van der Waals surface area contributed by atoms with Crippen molar-refractivity contribution in [2.24, 2.45) is 0 Å². The Hall–Kier alpha value is -3.80. The third-order valence-electron chi connectivity index (χ3n) is 4.76. The molecule has 0 spiro atoms. The van der Waals surface area contributed by atoms with Crippen molar-refractivity contribution in [1.82, 2.24) is 10.1 Å². The van der Waals surface area contributed by atoms with Gasteiger partial charge in [0.25, 0.3) is 0 Å². The summed E-state index contributed by atoms with van der Waals surface area (Å²) in [6.45, 7) is 1.20. The molecule has 0 unspecified atom stereocenters. The van der Waals surface area contributed by atoms with Crippen molar-refractivity contribution in [3.63, 3.8) is 0 Å². The van der Waals surface area contributed by atoms with E-state index in [1.807, 2.05) is 0 Å². The molecule has 0 saturated carbocycles. The Balaban J connectivity index is 1.56. The van der Waals surface area contributed by atoms with Gasteiger partial charge >= 0.3 is 27.1 Å². The minimum absolute atomic E-state index is 0.178. The maximum absolute atomic E-state index is 13.2. The lowest BCUT2D eigenvalue weighted by molar-refractivity contribution is 0.0970. The van der Waals surface area contributed by atoms with Crippen LogP contribution >= 0.6 is 0 Å². The van der Waals surface area contributed by atoms with E-state index in [0.29, 0.717) is 5.56 Å². The highest BCUT2D eigenvalue weighted by atomic mass is 32.2. The van der Waals surface area contributed by atoms with Gasteiger partial charge in [0.15, 0.2) is 6.10 Å². The number of ether oxygens (including phenoxy) is 3. The first-order chi connectivity index (χ1) is 15.4. The van der Waals surface area contributed by atoms with Crippen LogP contribution in [0.2, 0.25) is 0 Å². The zero-order valence-corrected chi connectivity index (χ0v) is 17.7. The van der Waals surface area contributed by atoms with Gasteiger partial charge in [-0.15, -0.1) is 0 Å². The summed E-state index contributed by atoms with van der Waals surface area (Å²) in [5, 5.41) is 2.01. The normalized spacial score (nSPS) is 17.8. The molecular weight excluding hydrogens is 442 g/mol. The van der Waals surface area contributed by atoms with Crippen molar-refractivity contribution in [1.29, 1.82) is 0 Å². The number of rotatable bonds is 6. The molecular formula is C20H19N3O8S. The van der Waals surface area contributed by atoms with Gasteiger partial charge in [-0.25, -0.2) is 14.6 Å². The number of carbonyl (C=O) groups excluding carboxylic acids is 1. The first-order valence-corrected chi connectivity index (χ1v) is 11.0. The molecule has 168 valence electrons. The zero-order valence-electron chi connectivity index (χ0n) is 16.8. The Bertz CT molecular complexity index is 1250. The smallest absolute Gasteiger partial charge is 0.445 e. The van der Waals surface area contributed by atoms with E-state index in [0.717, 1.165) is 4.31 Å². The average molecular weight is 461 g/mol. The number of aromatic nitrogens is 2. The van der Waals surface area contributed by atoms with Crippen molar-refractivity contribution in [2.75, 3.05) is 10.9 Å². The molecule has 2 atom stereocenters. The van der Waals surface area contributed by atoms with Gasteiger partial charge in [0, 0.05) is 0 Å². The third-order valence-corrected chi connectivity index (χ3v) is 6.35. The van der Waals surface area contributed by atoms with Gasteiger partial charge in [-0.3, -0.25) is 8.83 Å². The van der Waals surface area contributed by atoms with E-state index in [-0.39, 0.29) is 30.7 Å². The standard InChI is InChI=1S/C20H19N3O8S/c1-13-17(12-28-18-21-19(24)31-22-18)30-16-10-6-5-9-15(16)23(13)32(26,27)20(25)29-11-14-7-3-2-4-8-14/h2-10,13,17H,11-12H2,1H3,(H,21,22,24)/t13-,17+/m1/s1. The first-order valence-electron chi connectivity index (χ1n) is 9.56. The number of carbonyl (C=O) groups is 1. The Morgan fingerprint density at radius 1 is 1.16 bits per heavy atom. The summed E-state index contributed by atoms with van der Waals surface area (Å²) in [5.41, 5.74) is 0.849. The summed E-state index contributed by atoms with van der Waals surface area (Å²) in [7, 11) is -4.56. The highest BCUT2D eigenvalue weighted by molar-refractivity contribution is 8.06. The van der Waals surface area contributed by atoms with Crippen LogP contribution in [0.4, 0.5) is 10.5 Å². The molecule has 1 aromatic heterocycles. The molecule has 0 radical (unpaired) electrons. The maximum Gasteiger partial charge on any atom is 0.445 e. The molecule has 4 rings (SSSR count). The number of sulfonamides is 1. The summed E-state index contributed by atoms with van der Waals surface area (Å²) in [5.74, 6) is -0.555. The first kappa shape index (κ1) is 21.4. The van der Waals surface area contributed by atoms with Crippen molar-refractivity contribution in [2.45, 2.75) is 25.7 Å². The molecule has 32 heavy (non-hydrogen) atoms. The second-order valence-electron chi connectivity index (χ2n) is 6.90. The van der Waals surface area contributed by atoms with Crippen LogP contribution in [-0.2, 0) is 21.4 Å². The monoisotopic (exact) mass is 461 g/mol. The van der Waals surface area contributed by atoms with E-state index in [9.17, 15) is 18.0 Å². The summed E-state index contributed by atoms with van der Waals surface area (Å²) >= 11 is 0. The van der Waals surface area contributed by atoms with E-state index >= 15 is 0 Å². The molecule has 1 aliphatic heterocycles. The van der Waals surface area contributed by atoms with Gasteiger partial charge in [0.05, 0.1) is 11.7 Å². The van der Waals surface area contributed by atoms with Crippen molar-refractivity contribution >= 4 is 21.0 Å². The lowest BCUT2D eigenvalue weighted by Gasteiger charge is -2.39. The van der Waals surface area contributed by atoms with E-state index in [4.69, 9.17) is 14.2 Å². The van der Waals surface area contributed by atoms with E-state index in [2.05, 4.69) is 14.7 Å². The number of anilines is 1. The molecule has 2 heterocycles. The number of hydrogen-bond donors (Lipinski definition) is 1. The fraction of sp³-hybridized carbons (Fsp3) is 0.250. The topological polar surface area (TPSA) is 141 Å². The van der Waals surface area contributed by atoms with Gasteiger partial charge in [-0.1, -0.05) is 42.5 Å². The Kier molecular flexibility index (Phi) is 5.86. The molecule has 12 heteroatoms. The quantitative estimate of drug-likeness (QED) is 0.546. The fourth-order valence-corrected chi connectivity index (χ4v) is 4.55. The molecule has 0 amide bonds. The fourth-order valence-electron chi connectivity index (χ4n) is 3.20. The molecule has 1 aliphatic rings. The van der Waals surface area contributed by atoms with Crippen LogP contribution in [0, 0.1) is 0 Å². The van der Waals surface area contributed by atoms with Crippen LogP contribution in [0.25, 0.3) is 0 Å². The second kappa shape index (κ2) is 8.75.